The molecule has 0 N–H and O–H groups in total. The van der Waals surface area contributed by atoms with Gasteiger partial charge in [0.1, 0.15) is 34.0 Å². The minimum absolute atomic E-state index is 0.345. The molecule has 0 saturated carbocycles. The zero-order chi connectivity index (χ0) is 43.0. The lowest BCUT2D eigenvalue weighted by molar-refractivity contribution is 0.622. The van der Waals surface area contributed by atoms with Crippen molar-refractivity contribution in [3.8, 4) is 33.4 Å². The molecule has 2 aromatic heterocycles. The molecule has 304 valence electrons. The summed E-state index contributed by atoms with van der Waals surface area (Å²) in [5.74, 6) is -0.691. The molecule has 14 rings (SSSR count). The van der Waals surface area contributed by atoms with Crippen molar-refractivity contribution in [1.82, 2.24) is 0 Å². The Balaban J connectivity index is 1.24. The third-order valence-corrected chi connectivity index (χ3v) is 14.0. The van der Waals surface area contributed by atoms with E-state index in [0.29, 0.717) is 0 Å². The minimum atomic E-state index is -1.11. The van der Waals surface area contributed by atoms with Gasteiger partial charge in [0, 0.05) is 32.7 Å². The van der Waals surface area contributed by atoms with Crippen LogP contribution >= 0.6 is 0 Å². The van der Waals surface area contributed by atoms with Crippen molar-refractivity contribution in [3.05, 3.63) is 240 Å². The Bertz CT molecular complexity index is 4090. The number of benzene rings is 11. The summed E-state index contributed by atoms with van der Waals surface area (Å²) in [6.07, 6.45) is 0. The lowest BCUT2D eigenvalue weighted by Crippen LogP contribution is -2.29. The van der Waals surface area contributed by atoms with Crippen LogP contribution in [0, 0.1) is 11.6 Å². The molecule has 1 aliphatic carbocycles. The molecular formula is C61H34F2O2. The molecule has 4 heteroatoms. The predicted octanol–water partition coefficient (Wildman–Crippen LogP) is 16.9. The standard InChI is InChI=1S/C61H34F2O2/c62-41-27-23-39(24-28-41)61(40-25-29-42(63)30-26-40)51-33-48(38-22-21-35-11-1-2-12-36(35)31-38)55-46-17-7-9-19-53(46)64-59(55)57(51)58-52(61)34-50(56-47-18-8-10-20-54(47)65-60(56)58)49-32-37-13-3-4-14-43(37)44-15-5-6-16-45(44)49/h1-34H. The van der Waals surface area contributed by atoms with Crippen LogP contribution in [0.25, 0.3) is 110 Å². The molecule has 0 unspecified atom stereocenters. The van der Waals surface area contributed by atoms with Gasteiger partial charge < -0.3 is 8.83 Å². The summed E-state index contributed by atoms with van der Waals surface area (Å²) in [6.45, 7) is 0. The lowest BCUT2D eigenvalue weighted by Gasteiger charge is -2.34. The molecule has 0 amide bonds. The smallest absolute Gasteiger partial charge is 0.144 e. The highest BCUT2D eigenvalue weighted by atomic mass is 19.1. The van der Waals surface area contributed by atoms with Gasteiger partial charge in [-0.25, -0.2) is 8.78 Å². The van der Waals surface area contributed by atoms with Gasteiger partial charge in [-0.2, -0.15) is 0 Å². The summed E-state index contributed by atoms with van der Waals surface area (Å²) in [5.41, 5.74) is 11.3. The SMILES string of the molecule is Fc1ccc(C2(c3ccc(F)cc3)c3cc(-c4ccc5ccccc5c4)c4c(oc5ccccc54)c3-c3c2cc(-c2cc4ccccc4c4ccccc24)c2c3oc3ccccc32)cc1. The fraction of sp³-hybridized carbons (Fsp3) is 0.0164. The fourth-order valence-corrected chi connectivity index (χ4v) is 11.3. The normalized spacial score (nSPS) is 13.2. The molecule has 1 aliphatic rings. The van der Waals surface area contributed by atoms with Gasteiger partial charge in [-0.1, -0.05) is 146 Å². The number of hydrogen-bond donors (Lipinski definition) is 0. The Morgan fingerprint density at radius 2 is 0.815 bits per heavy atom. The molecule has 0 fully saturated rings. The summed E-state index contributed by atoms with van der Waals surface area (Å²) in [5, 5.41) is 10.8. The maximum Gasteiger partial charge on any atom is 0.144 e. The number of fused-ring (bicyclic) bond motifs is 15. The number of para-hydroxylation sites is 2. The van der Waals surface area contributed by atoms with Gasteiger partial charge in [0.2, 0.25) is 0 Å². The zero-order valence-electron chi connectivity index (χ0n) is 34.7. The van der Waals surface area contributed by atoms with Gasteiger partial charge in [-0.3, -0.25) is 0 Å². The van der Waals surface area contributed by atoms with E-state index in [9.17, 15) is 0 Å². The van der Waals surface area contributed by atoms with Crippen molar-refractivity contribution >= 4 is 76.2 Å². The van der Waals surface area contributed by atoms with Crippen LogP contribution in [0.1, 0.15) is 22.3 Å². The van der Waals surface area contributed by atoms with Gasteiger partial charge in [-0.05, 0) is 137 Å². The van der Waals surface area contributed by atoms with Gasteiger partial charge in [0.25, 0.3) is 0 Å². The third-order valence-electron chi connectivity index (χ3n) is 14.0. The van der Waals surface area contributed by atoms with Gasteiger partial charge in [0.15, 0.2) is 0 Å². The minimum Gasteiger partial charge on any atom is -0.455 e. The monoisotopic (exact) mass is 836 g/mol. The van der Waals surface area contributed by atoms with Crippen LogP contribution in [0.2, 0.25) is 0 Å². The van der Waals surface area contributed by atoms with Crippen molar-refractivity contribution in [1.29, 1.82) is 0 Å². The summed E-state index contributed by atoms with van der Waals surface area (Å²) in [6, 6.07) is 69.2. The largest absolute Gasteiger partial charge is 0.455 e. The molecule has 65 heavy (non-hydrogen) atoms. The second kappa shape index (κ2) is 13.3. The molecule has 11 aromatic carbocycles. The molecule has 0 bridgehead atoms. The van der Waals surface area contributed by atoms with Crippen molar-refractivity contribution in [2.45, 2.75) is 5.41 Å². The molecule has 0 saturated heterocycles. The Labute approximate surface area is 371 Å². The molecule has 0 atom stereocenters. The average molecular weight is 837 g/mol. The predicted molar refractivity (Wildman–Crippen MR) is 262 cm³/mol. The first kappa shape index (κ1) is 36.2. The molecule has 0 radical (unpaired) electrons. The topological polar surface area (TPSA) is 26.3 Å². The highest BCUT2D eigenvalue weighted by Crippen LogP contribution is 2.63. The maximum absolute atomic E-state index is 15.3. The van der Waals surface area contributed by atoms with E-state index in [1.807, 2.05) is 48.5 Å². The Kier molecular flexibility index (Phi) is 7.42. The second-order valence-corrected chi connectivity index (χ2v) is 17.3. The van der Waals surface area contributed by atoms with Crippen molar-refractivity contribution in [3.63, 3.8) is 0 Å². The van der Waals surface area contributed by atoms with Crippen molar-refractivity contribution in [2.24, 2.45) is 0 Å². The van der Waals surface area contributed by atoms with E-state index in [4.69, 9.17) is 8.83 Å². The van der Waals surface area contributed by atoms with E-state index >= 15 is 8.78 Å². The van der Waals surface area contributed by atoms with E-state index in [1.165, 1.54) is 29.7 Å². The highest BCUT2D eigenvalue weighted by molar-refractivity contribution is 6.26. The van der Waals surface area contributed by atoms with E-state index < -0.39 is 5.41 Å². The second-order valence-electron chi connectivity index (χ2n) is 17.3. The first-order chi connectivity index (χ1) is 32.0. The Morgan fingerprint density at radius 3 is 1.43 bits per heavy atom. The number of furan rings is 2. The first-order valence-corrected chi connectivity index (χ1v) is 21.9. The molecule has 2 nitrogen and oxygen atoms in total. The maximum atomic E-state index is 15.3. The van der Waals surface area contributed by atoms with Crippen LogP contribution in [0.3, 0.4) is 0 Å². The van der Waals surface area contributed by atoms with E-state index in [1.54, 1.807) is 0 Å². The summed E-state index contributed by atoms with van der Waals surface area (Å²) in [4.78, 5) is 0. The van der Waals surface area contributed by atoms with Crippen LogP contribution in [0.5, 0.6) is 0 Å². The third kappa shape index (κ3) is 4.97. The van der Waals surface area contributed by atoms with E-state index in [0.717, 1.165) is 126 Å². The molecule has 13 aromatic rings. The van der Waals surface area contributed by atoms with Gasteiger partial charge >= 0.3 is 0 Å². The Hall–Kier alpha value is -8.34. The Morgan fingerprint density at radius 1 is 0.338 bits per heavy atom. The quantitative estimate of drug-likeness (QED) is 0.165. The molecule has 0 spiro atoms. The lowest BCUT2D eigenvalue weighted by atomic mass is 9.67. The van der Waals surface area contributed by atoms with E-state index in [2.05, 4.69) is 133 Å². The summed E-state index contributed by atoms with van der Waals surface area (Å²) < 4.78 is 45.0. The fourth-order valence-electron chi connectivity index (χ4n) is 11.3. The number of rotatable bonds is 4. The van der Waals surface area contributed by atoms with Gasteiger partial charge in [0.05, 0.1) is 5.41 Å². The molecular weight excluding hydrogens is 803 g/mol. The molecule has 2 heterocycles. The first-order valence-electron chi connectivity index (χ1n) is 21.9. The zero-order valence-corrected chi connectivity index (χ0v) is 34.7. The van der Waals surface area contributed by atoms with Crippen LogP contribution in [0.4, 0.5) is 8.78 Å². The number of hydrogen-bond acceptors (Lipinski definition) is 2. The summed E-state index contributed by atoms with van der Waals surface area (Å²) in [7, 11) is 0. The van der Waals surface area contributed by atoms with Crippen LogP contribution < -0.4 is 0 Å². The van der Waals surface area contributed by atoms with Gasteiger partial charge in [-0.15, -0.1) is 0 Å². The van der Waals surface area contributed by atoms with Crippen LogP contribution in [0.15, 0.2) is 215 Å². The van der Waals surface area contributed by atoms with Crippen molar-refractivity contribution in [2.75, 3.05) is 0 Å². The average Bonchev–Trinajstić information content (AvgIpc) is 4.03. The van der Waals surface area contributed by atoms with Crippen LogP contribution in [-0.4, -0.2) is 0 Å². The van der Waals surface area contributed by atoms with Crippen LogP contribution in [-0.2, 0) is 5.41 Å². The number of halogens is 2. The highest BCUT2D eigenvalue weighted by Gasteiger charge is 2.50. The molecule has 0 aliphatic heterocycles. The summed E-state index contributed by atoms with van der Waals surface area (Å²) >= 11 is 0. The van der Waals surface area contributed by atoms with Crippen molar-refractivity contribution < 1.29 is 17.6 Å². The van der Waals surface area contributed by atoms with E-state index in [-0.39, 0.29) is 11.6 Å².